The molecule has 0 saturated carbocycles. The summed E-state index contributed by atoms with van der Waals surface area (Å²) >= 11 is 0. The van der Waals surface area contributed by atoms with Crippen LogP contribution >= 0.6 is 0 Å². The highest BCUT2D eigenvalue weighted by Crippen LogP contribution is 2.30. The van der Waals surface area contributed by atoms with E-state index in [0.717, 1.165) is 17.0 Å². The van der Waals surface area contributed by atoms with Gasteiger partial charge in [0.05, 0.1) is 18.5 Å². The molecule has 0 amide bonds. The molecule has 116 valence electrons. The fraction of sp³-hybridized carbons (Fsp3) is 0.105. The first-order chi connectivity index (χ1) is 11.1. The maximum atomic E-state index is 12.9. The van der Waals surface area contributed by atoms with Crippen molar-refractivity contribution < 1.29 is 9.53 Å². The first-order valence-electron chi connectivity index (χ1n) is 7.34. The highest BCUT2D eigenvalue weighted by atomic mass is 16.5. The molecule has 2 N–H and O–H groups in total. The minimum Gasteiger partial charge on any atom is -0.497 e. The standard InChI is InChI=1S/C19H18N2O2/c1-13-12-17(20)18(14-6-4-3-5-7-14)21(13)19(22)15-8-10-16(23-2)11-9-15/h3-12H,20H2,1-2H3. The van der Waals surface area contributed by atoms with E-state index in [9.17, 15) is 4.79 Å². The van der Waals surface area contributed by atoms with Crippen LogP contribution in [0.4, 0.5) is 5.69 Å². The molecule has 0 fully saturated rings. The lowest BCUT2D eigenvalue weighted by Gasteiger charge is -2.11. The Morgan fingerprint density at radius 3 is 2.30 bits per heavy atom. The van der Waals surface area contributed by atoms with Crippen molar-refractivity contribution in [2.45, 2.75) is 6.92 Å². The van der Waals surface area contributed by atoms with E-state index in [1.807, 2.05) is 43.3 Å². The van der Waals surface area contributed by atoms with Gasteiger partial charge in [-0.05, 0) is 37.3 Å². The third-order valence-corrected chi connectivity index (χ3v) is 3.80. The summed E-state index contributed by atoms with van der Waals surface area (Å²) in [7, 11) is 1.60. The van der Waals surface area contributed by atoms with Crippen molar-refractivity contribution in [2.75, 3.05) is 12.8 Å². The zero-order valence-corrected chi connectivity index (χ0v) is 13.1. The monoisotopic (exact) mass is 306 g/mol. The average Bonchev–Trinajstić information content (AvgIpc) is 2.89. The van der Waals surface area contributed by atoms with Crippen LogP contribution < -0.4 is 10.5 Å². The summed E-state index contributed by atoms with van der Waals surface area (Å²) in [5.41, 5.74) is 9.77. The predicted molar refractivity (Wildman–Crippen MR) is 91.7 cm³/mol. The molecule has 3 rings (SSSR count). The summed E-state index contributed by atoms with van der Waals surface area (Å²) in [5.74, 6) is 0.606. The predicted octanol–water partition coefficient (Wildman–Crippen LogP) is 3.74. The van der Waals surface area contributed by atoms with Crippen molar-refractivity contribution >= 4 is 11.6 Å². The zero-order valence-electron chi connectivity index (χ0n) is 13.1. The largest absolute Gasteiger partial charge is 0.497 e. The van der Waals surface area contributed by atoms with Gasteiger partial charge < -0.3 is 10.5 Å². The van der Waals surface area contributed by atoms with E-state index in [2.05, 4.69) is 0 Å². The number of carbonyl (C=O) groups excluding carboxylic acids is 1. The second-order valence-corrected chi connectivity index (χ2v) is 5.32. The molecule has 0 aliphatic carbocycles. The van der Waals surface area contributed by atoms with Gasteiger partial charge in [-0.3, -0.25) is 9.36 Å². The summed E-state index contributed by atoms with van der Waals surface area (Å²) in [4.78, 5) is 12.9. The zero-order chi connectivity index (χ0) is 16.4. The van der Waals surface area contributed by atoms with Crippen LogP contribution in [-0.4, -0.2) is 17.6 Å². The molecule has 4 heteroatoms. The quantitative estimate of drug-likeness (QED) is 0.802. The number of nitrogens with zero attached hydrogens (tertiary/aromatic N) is 1. The van der Waals surface area contributed by atoms with Gasteiger partial charge in [0.15, 0.2) is 0 Å². The van der Waals surface area contributed by atoms with Gasteiger partial charge in [0.25, 0.3) is 5.91 Å². The number of ether oxygens (including phenoxy) is 1. The Morgan fingerprint density at radius 2 is 1.70 bits per heavy atom. The minimum atomic E-state index is -0.110. The van der Waals surface area contributed by atoms with Gasteiger partial charge in [-0.2, -0.15) is 0 Å². The Kier molecular flexibility index (Phi) is 3.89. The Balaban J connectivity index is 2.10. The van der Waals surface area contributed by atoms with Crippen LogP contribution in [0.3, 0.4) is 0 Å². The molecule has 0 atom stereocenters. The SMILES string of the molecule is COc1ccc(C(=O)n2c(C)cc(N)c2-c2ccccc2)cc1. The molecule has 1 aromatic heterocycles. The number of carbonyl (C=O) groups is 1. The van der Waals surface area contributed by atoms with Crippen LogP contribution in [0.15, 0.2) is 60.7 Å². The number of anilines is 1. The van der Waals surface area contributed by atoms with Gasteiger partial charge in [0.2, 0.25) is 0 Å². The first kappa shape index (κ1) is 14.9. The molecular formula is C19H18N2O2. The lowest BCUT2D eigenvalue weighted by Crippen LogP contribution is -2.15. The number of benzene rings is 2. The van der Waals surface area contributed by atoms with Crippen molar-refractivity contribution in [1.29, 1.82) is 0 Å². The van der Waals surface area contributed by atoms with E-state index in [1.165, 1.54) is 0 Å². The summed E-state index contributed by atoms with van der Waals surface area (Å²) < 4.78 is 6.80. The molecule has 0 unspecified atom stereocenters. The lowest BCUT2D eigenvalue weighted by molar-refractivity contribution is 0.0960. The number of nitrogen functional groups attached to an aromatic ring is 1. The molecule has 23 heavy (non-hydrogen) atoms. The van der Waals surface area contributed by atoms with Crippen molar-refractivity contribution in [2.24, 2.45) is 0 Å². The topological polar surface area (TPSA) is 57.2 Å². The Labute approximate surface area is 135 Å². The molecule has 0 radical (unpaired) electrons. The van der Waals surface area contributed by atoms with Crippen LogP contribution in [0.1, 0.15) is 16.1 Å². The Morgan fingerprint density at radius 1 is 1.04 bits per heavy atom. The molecule has 0 spiro atoms. The smallest absolute Gasteiger partial charge is 0.262 e. The molecular weight excluding hydrogens is 288 g/mol. The van der Waals surface area contributed by atoms with E-state index in [1.54, 1.807) is 35.9 Å². The molecule has 4 nitrogen and oxygen atoms in total. The molecule has 1 heterocycles. The third-order valence-electron chi connectivity index (χ3n) is 3.80. The second kappa shape index (κ2) is 6.01. The summed E-state index contributed by atoms with van der Waals surface area (Å²) in [6.45, 7) is 1.88. The highest BCUT2D eigenvalue weighted by Gasteiger charge is 2.19. The molecule has 0 aliphatic heterocycles. The van der Waals surface area contributed by atoms with Crippen molar-refractivity contribution in [3.05, 3.63) is 71.9 Å². The van der Waals surface area contributed by atoms with Crippen molar-refractivity contribution in [1.82, 2.24) is 4.57 Å². The van der Waals surface area contributed by atoms with E-state index in [0.29, 0.717) is 17.0 Å². The fourth-order valence-corrected chi connectivity index (χ4v) is 2.68. The number of aryl methyl sites for hydroxylation is 1. The summed E-state index contributed by atoms with van der Waals surface area (Å²) in [5, 5.41) is 0. The number of hydrogen-bond donors (Lipinski definition) is 1. The van der Waals surface area contributed by atoms with Gasteiger partial charge >= 0.3 is 0 Å². The Bertz CT molecular complexity index is 834. The third kappa shape index (κ3) is 2.71. The van der Waals surface area contributed by atoms with Crippen LogP contribution in [0.25, 0.3) is 11.3 Å². The van der Waals surface area contributed by atoms with Gasteiger partial charge in [0, 0.05) is 16.8 Å². The van der Waals surface area contributed by atoms with Crippen molar-refractivity contribution in [3.8, 4) is 17.0 Å². The van der Waals surface area contributed by atoms with E-state index in [-0.39, 0.29) is 5.91 Å². The molecule has 0 saturated heterocycles. The lowest BCUT2D eigenvalue weighted by atomic mass is 10.1. The molecule has 3 aromatic rings. The van der Waals surface area contributed by atoms with Crippen LogP contribution in [-0.2, 0) is 0 Å². The number of aromatic nitrogens is 1. The second-order valence-electron chi connectivity index (χ2n) is 5.32. The van der Waals surface area contributed by atoms with E-state index >= 15 is 0 Å². The average molecular weight is 306 g/mol. The highest BCUT2D eigenvalue weighted by molar-refractivity contribution is 6.01. The van der Waals surface area contributed by atoms with Crippen LogP contribution in [0, 0.1) is 6.92 Å². The van der Waals surface area contributed by atoms with Gasteiger partial charge in [-0.15, -0.1) is 0 Å². The maximum Gasteiger partial charge on any atom is 0.262 e. The normalized spacial score (nSPS) is 10.5. The van der Waals surface area contributed by atoms with Gasteiger partial charge in [0.1, 0.15) is 5.75 Å². The maximum absolute atomic E-state index is 12.9. The number of rotatable bonds is 3. The molecule has 0 aliphatic rings. The molecule has 2 aromatic carbocycles. The number of methoxy groups -OCH3 is 1. The van der Waals surface area contributed by atoms with Gasteiger partial charge in [-0.25, -0.2) is 0 Å². The Hall–Kier alpha value is -3.01. The molecule has 0 bridgehead atoms. The number of nitrogens with two attached hydrogens (primary N) is 1. The fourth-order valence-electron chi connectivity index (χ4n) is 2.68. The summed E-state index contributed by atoms with van der Waals surface area (Å²) in [6.07, 6.45) is 0. The van der Waals surface area contributed by atoms with Gasteiger partial charge in [-0.1, -0.05) is 30.3 Å². The van der Waals surface area contributed by atoms with E-state index in [4.69, 9.17) is 10.5 Å². The van der Waals surface area contributed by atoms with Crippen molar-refractivity contribution in [3.63, 3.8) is 0 Å². The minimum absolute atomic E-state index is 0.110. The number of hydrogen-bond acceptors (Lipinski definition) is 3. The summed E-state index contributed by atoms with van der Waals surface area (Å²) in [6, 6.07) is 18.6. The van der Waals surface area contributed by atoms with E-state index < -0.39 is 0 Å². The van der Waals surface area contributed by atoms with Crippen LogP contribution in [0.5, 0.6) is 5.75 Å². The first-order valence-corrected chi connectivity index (χ1v) is 7.34. The van der Waals surface area contributed by atoms with Crippen LogP contribution in [0.2, 0.25) is 0 Å².